The van der Waals surface area contributed by atoms with E-state index in [1.807, 2.05) is 12.1 Å². The largest absolute Gasteiger partial charge is 0.490 e. The van der Waals surface area contributed by atoms with E-state index in [2.05, 4.69) is 24.1 Å². The molecule has 1 aromatic rings. The molecule has 2 saturated heterocycles. The Balaban J connectivity index is 0.000000638. The third-order valence-corrected chi connectivity index (χ3v) is 8.40. The third-order valence-electron chi connectivity index (χ3n) is 6.54. The van der Waals surface area contributed by atoms with Crippen molar-refractivity contribution in [2.75, 3.05) is 58.9 Å². The summed E-state index contributed by atoms with van der Waals surface area (Å²) in [4.78, 5) is 26.2. The van der Waals surface area contributed by atoms with Gasteiger partial charge >= 0.3 is 12.1 Å². The SMILES string of the molecule is CC(C)c1ccc(S(=O)(=O)N(CCCN2CCCCC2)CC(=O)N2CCNCC2)cc1.O=C(O)C(F)(F)F. The smallest absolute Gasteiger partial charge is 0.475 e. The van der Waals surface area contributed by atoms with Crippen molar-refractivity contribution in [2.24, 2.45) is 0 Å². The monoisotopic (exact) mass is 564 g/mol. The van der Waals surface area contributed by atoms with Gasteiger partial charge in [-0.05, 0) is 62.5 Å². The number of sulfonamides is 1. The van der Waals surface area contributed by atoms with E-state index in [4.69, 9.17) is 9.90 Å². The fourth-order valence-corrected chi connectivity index (χ4v) is 5.70. The molecule has 2 aliphatic rings. The second kappa shape index (κ2) is 14.8. The molecule has 0 bridgehead atoms. The van der Waals surface area contributed by atoms with Gasteiger partial charge in [-0.3, -0.25) is 4.79 Å². The fourth-order valence-electron chi connectivity index (χ4n) is 4.28. The average Bonchev–Trinajstić information content (AvgIpc) is 2.89. The van der Waals surface area contributed by atoms with E-state index in [1.54, 1.807) is 17.0 Å². The molecule has 9 nitrogen and oxygen atoms in total. The first-order valence-electron chi connectivity index (χ1n) is 12.9. The predicted molar refractivity (Wildman–Crippen MR) is 137 cm³/mol. The highest BCUT2D eigenvalue weighted by molar-refractivity contribution is 7.89. The summed E-state index contributed by atoms with van der Waals surface area (Å²) in [5.74, 6) is -2.53. The van der Waals surface area contributed by atoms with Crippen molar-refractivity contribution < 1.29 is 36.3 Å². The molecule has 216 valence electrons. The number of nitrogens with one attached hydrogen (secondary N) is 1. The number of nitrogens with zero attached hydrogens (tertiary/aromatic N) is 3. The number of rotatable bonds is 9. The van der Waals surface area contributed by atoms with E-state index < -0.39 is 22.2 Å². The summed E-state index contributed by atoms with van der Waals surface area (Å²) in [7, 11) is -3.73. The summed E-state index contributed by atoms with van der Waals surface area (Å²) in [5.41, 5.74) is 1.10. The fraction of sp³-hybridized carbons (Fsp3) is 0.680. The molecular formula is C25H39F3N4O5S. The molecule has 0 spiro atoms. The van der Waals surface area contributed by atoms with Crippen molar-refractivity contribution in [2.45, 2.75) is 56.5 Å². The van der Waals surface area contributed by atoms with E-state index in [-0.39, 0.29) is 17.3 Å². The minimum Gasteiger partial charge on any atom is -0.475 e. The van der Waals surface area contributed by atoms with Crippen LogP contribution in [0.5, 0.6) is 0 Å². The Hall–Kier alpha value is -2.22. The molecule has 0 unspecified atom stereocenters. The van der Waals surface area contributed by atoms with Crippen LogP contribution in [0.3, 0.4) is 0 Å². The number of hydrogen-bond acceptors (Lipinski definition) is 6. The Kier molecular flexibility index (Phi) is 12.5. The van der Waals surface area contributed by atoms with Crippen molar-refractivity contribution in [3.63, 3.8) is 0 Å². The van der Waals surface area contributed by atoms with Gasteiger partial charge in [0.15, 0.2) is 0 Å². The van der Waals surface area contributed by atoms with Gasteiger partial charge in [-0.1, -0.05) is 32.4 Å². The number of carbonyl (C=O) groups is 2. The maximum absolute atomic E-state index is 13.4. The molecule has 0 saturated carbocycles. The Labute approximate surface area is 223 Å². The molecule has 0 aromatic heterocycles. The number of likely N-dealkylation sites (tertiary alicyclic amines) is 1. The maximum atomic E-state index is 13.4. The van der Waals surface area contributed by atoms with Gasteiger partial charge in [0.1, 0.15) is 0 Å². The van der Waals surface area contributed by atoms with Gasteiger partial charge in [0, 0.05) is 32.7 Å². The second-order valence-electron chi connectivity index (χ2n) is 9.75. The number of alkyl halides is 3. The van der Waals surface area contributed by atoms with Crippen molar-refractivity contribution in [3.8, 4) is 0 Å². The number of halogens is 3. The normalized spacial score (nSPS) is 17.3. The lowest BCUT2D eigenvalue weighted by Gasteiger charge is -2.31. The Bertz CT molecular complexity index is 991. The van der Waals surface area contributed by atoms with Gasteiger partial charge in [0.2, 0.25) is 15.9 Å². The van der Waals surface area contributed by atoms with Gasteiger partial charge < -0.3 is 20.2 Å². The van der Waals surface area contributed by atoms with Crippen molar-refractivity contribution >= 4 is 21.9 Å². The lowest BCUT2D eigenvalue weighted by Crippen LogP contribution is -2.50. The van der Waals surface area contributed by atoms with E-state index in [0.717, 1.165) is 44.7 Å². The van der Waals surface area contributed by atoms with Crippen molar-refractivity contribution in [1.82, 2.24) is 19.4 Å². The number of carboxylic acid groups (broad SMARTS) is 1. The molecule has 2 fully saturated rings. The quantitative estimate of drug-likeness (QED) is 0.475. The Morgan fingerprint density at radius 2 is 1.58 bits per heavy atom. The highest BCUT2D eigenvalue weighted by atomic mass is 32.2. The standard InChI is InChI=1S/C23H38N4O3S.C2HF3O2/c1-20(2)21-7-9-22(10-8-21)31(29,30)27(16-6-15-25-13-4-3-5-14-25)19-23(28)26-17-11-24-12-18-26;3-2(4,5)1(6)7/h7-10,20,24H,3-6,11-19H2,1-2H3;(H,6,7). The summed E-state index contributed by atoms with van der Waals surface area (Å²) in [6.45, 7) is 10.3. The van der Waals surface area contributed by atoms with Crippen LogP contribution in [0.2, 0.25) is 0 Å². The van der Waals surface area contributed by atoms with Crippen LogP contribution in [0.25, 0.3) is 0 Å². The minimum absolute atomic E-state index is 0.0890. The van der Waals surface area contributed by atoms with E-state index in [1.165, 1.54) is 23.6 Å². The molecule has 0 atom stereocenters. The van der Waals surface area contributed by atoms with E-state index in [0.29, 0.717) is 25.6 Å². The minimum atomic E-state index is -5.08. The van der Waals surface area contributed by atoms with E-state index in [9.17, 15) is 26.4 Å². The second-order valence-corrected chi connectivity index (χ2v) is 11.7. The number of aliphatic carboxylic acids is 1. The third kappa shape index (κ3) is 10.2. The van der Waals surface area contributed by atoms with Gasteiger partial charge in [-0.25, -0.2) is 13.2 Å². The summed E-state index contributed by atoms with van der Waals surface area (Å²) in [6.07, 6.45) is -0.641. The molecular weight excluding hydrogens is 525 g/mol. The molecule has 1 aromatic carbocycles. The molecule has 2 heterocycles. The number of amides is 1. The molecule has 3 rings (SSSR count). The van der Waals surface area contributed by atoms with Crippen LogP contribution < -0.4 is 5.32 Å². The number of benzene rings is 1. The zero-order chi connectivity index (χ0) is 28.3. The number of piperidine rings is 1. The first-order valence-corrected chi connectivity index (χ1v) is 14.4. The first-order chi connectivity index (χ1) is 17.8. The maximum Gasteiger partial charge on any atom is 0.490 e. The molecule has 2 N–H and O–H groups in total. The topological polar surface area (TPSA) is 110 Å². The summed E-state index contributed by atoms with van der Waals surface area (Å²) in [5, 5.41) is 10.4. The van der Waals surface area contributed by atoms with Crippen LogP contribution in [0, 0.1) is 0 Å². The zero-order valence-corrected chi connectivity index (χ0v) is 22.9. The summed E-state index contributed by atoms with van der Waals surface area (Å²) in [6, 6.07) is 7.11. The van der Waals surface area contributed by atoms with Gasteiger partial charge in [0.05, 0.1) is 11.4 Å². The zero-order valence-electron chi connectivity index (χ0n) is 22.0. The van der Waals surface area contributed by atoms with Crippen LogP contribution >= 0.6 is 0 Å². The number of hydrogen-bond donors (Lipinski definition) is 2. The van der Waals surface area contributed by atoms with Gasteiger partial charge in [-0.15, -0.1) is 0 Å². The van der Waals surface area contributed by atoms with Crippen LogP contribution in [0.1, 0.15) is 51.0 Å². The highest BCUT2D eigenvalue weighted by Gasteiger charge is 2.38. The van der Waals surface area contributed by atoms with Gasteiger partial charge in [0.25, 0.3) is 0 Å². The lowest BCUT2D eigenvalue weighted by atomic mass is 10.0. The lowest BCUT2D eigenvalue weighted by molar-refractivity contribution is -0.192. The summed E-state index contributed by atoms with van der Waals surface area (Å²) < 4.78 is 60.0. The van der Waals surface area contributed by atoms with E-state index >= 15 is 0 Å². The van der Waals surface area contributed by atoms with Gasteiger partial charge in [-0.2, -0.15) is 17.5 Å². The number of piperazine rings is 1. The highest BCUT2D eigenvalue weighted by Crippen LogP contribution is 2.21. The van der Waals surface area contributed by atoms with Crippen LogP contribution in [-0.2, 0) is 19.6 Å². The Morgan fingerprint density at radius 1 is 1.03 bits per heavy atom. The van der Waals surface area contributed by atoms with Crippen molar-refractivity contribution in [3.05, 3.63) is 29.8 Å². The molecule has 38 heavy (non-hydrogen) atoms. The molecule has 1 amide bonds. The van der Waals surface area contributed by atoms with Crippen molar-refractivity contribution in [1.29, 1.82) is 0 Å². The van der Waals surface area contributed by atoms with Crippen LogP contribution in [0.4, 0.5) is 13.2 Å². The molecule has 0 radical (unpaired) electrons. The predicted octanol–water partition coefficient (Wildman–Crippen LogP) is 2.74. The first kappa shape index (κ1) is 32.0. The van der Waals surface area contributed by atoms with Crippen LogP contribution in [-0.4, -0.2) is 105 Å². The Morgan fingerprint density at radius 3 is 2.08 bits per heavy atom. The molecule has 2 aliphatic heterocycles. The summed E-state index contributed by atoms with van der Waals surface area (Å²) >= 11 is 0. The average molecular weight is 565 g/mol. The number of carbonyl (C=O) groups excluding carboxylic acids is 1. The molecule has 0 aliphatic carbocycles. The molecule has 13 heteroatoms. The van der Waals surface area contributed by atoms with Crippen LogP contribution in [0.15, 0.2) is 29.2 Å². The number of carboxylic acids is 1.